The highest BCUT2D eigenvalue weighted by Crippen LogP contribution is 2.30. The lowest BCUT2D eigenvalue weighted by Crippen LogP contribution is -2.43. The van der Waals surface area contributed by atoms with Crippen molar-refractivity contribution in [1.82, 2.24) is 10.6 Å². The van der Waals surface area contributed by atoms with Crippen LogP contribution >= 0.6 is 0 Å². The van der Waals surface area contributed by atoms with Crippen LogP contribution in [0.5, 0.6) is 0 Å². The zero-order valence-corrected chi connectivity index (χ0v) is 14.2. The molecule has 1 aliphatic heterocycles. The van der Waals surface area contributed by atoms with E-state index in [0.717, 1.165) is 5.56 Å². The van der Waals surface area contributed by atoms with Crippen molar-refractivity contribution in [2.45, 2.75) is 57.5 Å². The Bertz CT molecular complexity index is 677. The number of carboxylic acid groups (broad SMARTS) is 1. The van der Waals surface area contributed by atoms with E-state index in [2.05, 4.69) is 10.6 Å². The number of carboxylic acids is 1. The highest BCUT2D eigenvalue weighted by molar-refractivity contribution is 5.80. The van der Waals surface area contributed by atoms with Crippen molar-refractivity contribution in [1.29, 1.82) is 0 Å². The van der Waals surface area contributed by atoms with Crippen LogP contribution in [0.2, 0.25) is 0 Å². The van der Waals surface area contributed by atoms with E-state index in [9.17, 15) is 18.8 Å². The van der Waals surface area contributed by atoms with Gasteiger partial charge in [-0.1, -0.05) is 6.07 Å². The van der Waals surface area contributed by atoms with Gasteiger partial charge in [0.1, 0.15) is 5.82 Å². The molecule has 1 aromatic rings. The molecule has 2 amide bonds. The van der Waals surface area contributed by atoms with E-state index in [1.807, 2.05) is 6.92 Å². The summed E-state index contributed by atoms with van der Waals surface area (Å²) in [6, 6.07) is 4.42. The first-order valence-electron chi connectivity index (χ1n) is 8.34. The number of carbonyl (C=O) groups excluding carboxylic acids is 2. The molecule has 2 rings (SSSR count). The molecule has 0 radical (unpaired) electrons. The van der Waals surface area contributed by atoms with Crippen LogP contribution in [0.1, 0.15) is 49.7 Å². The summed E-state index contributed by atoms with van der Waals surface area (Å²) in [6.45, 7) is 2.08. The SMILES string of the molecule is Cc1ccc(F)cc1CNC(=O)CC[C@]1(CCC(=O)O)CCC(=O)N1. The number of aryl methyl sites for hydroxylation is 1. The lowest BCUT2D eigenvalue weighted by atomic mass is 9.86. The Balaban J connectivity index is 1.87. The fraction of sp³-hybridized carbons (Fsp3) is 0.500. The zero-order chi connectivity index (χ0) is 18.4. The Morgan fingerprint density at radius 2 is 2.04 bits per heavy atom. The number of rotatable bonds is 8. The van der Waals surface area contributed by atoms with Crippen LogP contribution < -0.4 is 10.6 Å². The van der Waals surface area contributed by atoms with Gasteiger partial charge in [-0.25, -0.2) is 4.39 Å². The fourth-order valence-electron chi connectivity index (χ4n) is 3.09. The summed E-state index contributed by atoms with van der Waals surface area (Å²) in [7, 11) is 0. The number of benzene rings is 1. The second-order valence-corrected chi connectivity index (χ2v) is 6.57. The predicted octanol–water partition coefficient (Wildman–Crippen LogP) is 2.04. The van der Waals surface area contributed by atoms with Crippen LogP contribution in [0.4, 0.5) is 4.39 Å². The maximum absolute atomic E-state index is 13.3. The zero-order valence-electron chi connectivity index (χ0n) is 14.2. The average Bonchev–Trinajstić information content (AvgIpc) is 2.94. The second-order valence-electron chi connectivity index (χ2n) is 6.57. The lowest BCUT2D eigenvalue weighted by Gasteiger charge is -2.28. The summed E-state index contributed by atoms with van der Waals surface area (Å²) in [5.41, 5.74) is 0.979. The van der Waals surface area contributed by atoms with E-state index in [1.54, 1.807) is 6.07 Å². The highest BCUT2D eigenvalue weighted by atomic mass is 19.1. The number of amides is 2. The average molecular weight is 350 g/mol. The van der Waals surface area contributed by atoms with Crippen LogP contribution in [0, 0.1) is 12.7 Å². The van der Waals surface area contributed by atoms with E-state index in [4.69, 9.17) is 5.11 Å². The molecule has 6 nitrogen and oxygen atoms in total. The molecule has 3 N–H and O–H groups in total. The van der Waals surface area contributed by atoms with Crippen LogP contribution in [0.25, 0.3) is 0 Å². The molecule has 0 bridgehead atoms. The molecule has 0 aliphatic carbocycles. The summed E-state index contributed by atoms with van der Waals surface area (Å²) in [5.74, 6) is -1.59. The molecule has 0 spiro atoms. The largest absolute Gasteiger partial charge is 0.481 e. The van der Waals surface area contributed by atoms with Gasteiger partial charge in [-0.15, -0.1) is 0 Å². The third kappa shape index (κ3) is 5.55. The molecule has 0 saturated carbocycles. The van der Waals surface area contributed by atoms with Gasteiger partial charge in [-0.3, -0.25) is 14.4 Å². The fourth-order valence-corrected chi connectivity index (χ4v) is 3.09. The molecule has 1 aliphatic rings. The van der Waals surface area contributed by atoms with Crippen molar-refractivity contribution in [3.05, 3.63) is 35.1 Å². The van der Waals surface area contributed by atoms with Crippen molar-refractivity contribution in [3.8, 4) is 0 Å². The minimum atomic E-state index is -0.924. The maximum Gasteiger partial charge on any atom is 0.303 e. The van der Waals surface area contributed by atoms with E-state index in [0.29, 0.717) is 31.2 Å². The topological polar surface area (TPSA) is 95.5 Å². The number of hydrogen-bond acceptors (Lipinski definition) is 3. The Morgan fingerprint density at radius 3 is 2.68 bits per heavy atom. The molecule has 0 aromatic heterocycles. The molecular weight excluding hydrogens is 327 g/mol. The first kappa shape index (κ1) is 18.9. The van der Waals surface area contributed by atoms with Gasteiger partial charge in [0.25, 0.3) is 0 Å². The summed E-state index contributed by atoms with van der Waals surface area (Å²) in [5, 5.41) is 14.5. The number of nitrogens with one attached hydrogen (secondary N) is 2. The van der Waals surface area contributed by atoms with Gasteiger partial charge in [-0.05, 0) is 49.4 Å². The molecule has 25 heavy (non-hydrogen) atoms. The Morgan fingerprint density at radius 1 is 1.32 bits per heavy atom. The maximum atomic E-state index is 13.3. The second kappa shape index (κ2) is 8.09. The van der Waals surface area contributed by atoms with Crippen molar-refractivity contribution in [3.63, 3.8) is 0 Å². The quantitative estimate of drug-likeness (QED) is 0.669. The number of carbonyl (C=O) groups is 3. The number of halogens is 1. The third-order valence-electron chi connectivity index (χ3n) is 4.67. The Labute approximate surface area is 145 Å². The summed E-state index contributed by atoms with van der Waals surface area (Å²) < 4.78 is 13.3. The van der Waals surface area contributed by atoms with Crippen molar-refractivity contribution >= 4 is 17.8 Å². The Kier molecular flexibility index (Phi) is 6.12. The first-order valence-corrected chi connectivity index (χ1v) is 8.34. The number of hydrogen-bond donors (Lipinski definition) is 3. The molecule has 0 unspecified atom stereocenters. The normalized spacial score (nSPS) is 19.5. The van der Waals surface area contributed by atoms with Gasteiger partial charge >= 0.3 is 5.97 Å². The molecule has 136 valence electrons. The monoisotopic (exact) mass is 350 g/mol. The number of aliphatic carboxylic acids is 1. The van der Waals surface area contributed by atoms with Gasteiger partial charge in [0.15, 0.2) is 0 Å². The van der Waals surface area contributed by atoms with Gasteiger partial charge < -0.3 is 15.7 Å². The molecule has 7 heteroatoms. The van der Waals surface area contributed by atoms with Crippen molar-refractivity contribution in [2.75, 3.05) is 0 Å². The summed E-state index contributed by atoms with van der Waals surface area (Å²) >= 11 is 0. The van der Waals surface area contributed by atoms with Crippen LogP contribution in [-0.4, -0.2) is 28.4 Å². The summed E-state index contributed by atoms with van der Waals surface area (Å²) in [4.78, 5) is 34.4. The van der Waals surface area contributed by atoms with Gasteiger partial charge in [-0.2, -0.15) is 0 Å². The lowest BCUT2D eigenvalue weighted by molar-refractivity contribution is -0.137. The van der Waals surface area contributed by atoms with Crippen LogP contribution in [-0.2, 0) is 20.9 Å². The van der Waals surface area contributed by atoms with E-state index < -0.39 is 11.5 Å². The smallest absolute Gasteiger partial charge is 0.303 e. The van der Waals surface area contributed by atoms with Gasteiger partial charge in [0, 0.05) is 31.3 Å². The molecule has 1 heterocycles. The molecule has 1 aromatic carbocycles. The first-order chi connectivity index (χ1) is 11.8. The predicted molar refractivity (Wildman–Crippen MR) is 89.2 cm³/mol. The van der Waals surface area contributed by atoms with Crippen molar-refractivity contribution in [2.24, 2.45) is 0 Å². The van der Waals surface area contributed by atoms with Crippen LogP contribution in [0.3, 0.4) is 0 Å². The van der Waals surface area contributed by atoms with Gasteiger partial charge in [0.05, 0.1) is 0 Å². The molecular formula is C18H23FN2O4. The van der Waals surface area contributed by atoms with Gasteiger partial charge in [0.2, 0.25) is 11.8 Å². The molecule has 1 atom stereocenters. The molecule has 1 fully saturated rings. The van der Waals surface area contributed by atoms with E-state index in [1.165, 1.54) is 12.1 Å². The van der Waals surface area contributed by atoms with Crippen molar-refractivity contribution < 1.29 is 23.9 Å². The highest BCUT2D eigenvalue weighted by Gasteiger charge is 2.37. The molecule has 1 saturated heterocycles. The van der Waals surface area contributed by atoms with E-state index >= 15 is 0 Å². The third-order valence-corrected chi connectivity index (χ3v) is 4.67. The van der Waals surface area contributed by atoms with E-state index in [-0.39, 0.29) is 37.0 Å². The Hall–Kier alpha value is -2.44. The van der Waals surface area contributed by atoms with Crippen LogP contribution in [0.15, 0.2) is 18.2 Å². The summed E-state index contributed by atoms with van der Waals surface area (Å²) in [6.07, 6.45) is 1.71. The minimum Gasteiger partial charge on any atom is -0.481 e. The standard InChI is InChI=1S/C18H23FN2O4/c1-12-2-3-14(19)10-13(12)11-20-15(22)4-7-18(9-6-17(24)25)8-5-16(23)21-18/h2-3,10H,4-9,11H2,1H3,(H,20,22)(H,21,23)(H,24,25)/t18-/m1/s1. The minimum absolute atomic E-state index is 0.0512.